The number of benzene rings is 1. The van der Waals surface area contributed by atoms with E-state index in [1.807, 2.05) is 25.1 Å². The first-order valence-electron chi connectivity index (χ1n) is 5.43. The summed E-state index contributed by atoms with van der Waals surface area (Å²) in [5.41, 5.74) is 8.04. The van der Waals surface area contributed by atoms with E-state index in [1.54, 1.807) is 0 Å². The Morgan fingerprint density at radius 3 is 2.84 bits per heavy atom. The summed E-state index contributed by atoms with van der Waals surface area (Å²) in [6.45, 7) is 1.94. The van der Waals surface area contributed by atoms with E-state index < -0.39 is 5.97 Å². The lowest BCUT2D eigenvalue weighted by atomic mass is 10.1. The molecule has 0 unspecified atom stereocenters. The van der Waals surface area contributed by atoms with Gasteiger partial charge in [0.25, 0.3) is 5.82 Å². The maximum absolute atomic E-state index is 11.3. The average molecular weight is 276 g/mol. The van der Waals surface area contributed by atoms with E-state index in [1.165, 1.54) is 18.1 Å². The lowest BCUT2D eigenvalue weighted by Crippen LogP contribution is -2.14. The van der Waals surface area contributed by atoms with Gasteiger partial charge in [0.1, 0.15) is 11.3 Å². The van der Waals surface area contributed by atoms with E-state index in [2.05, 4.69) is 14.8 Å². The van der Waals surface area contributed by atoms with Gasteiger partial charge in [-0.05, 0) is 24.6 Å². The molecule has 0 fully saturated rings. The van der Waals surface area contributed by atoms with Crippen molar-refractivity contribution in [3.63, 3.8) is 0 Å². The molecule has 0 spiro atoms. The Hall–Kier alpha value is -2.28. The van der Waals surface area contributed by atoms with E-state index in [0.717, 1.165) is 5.56 Å². The van der Waals surface area contributed by atoms with Crippen LogP contribution in [0.5, 0.6) is 0 Å². The molecule has 98 valence electrons. The molecule has 1 aromatic heterocycles. The van der Waals surface area contributed by atoms with E-state index in [9.17, 15) is 4.79 Å². The number of methoxy groups -OCH3 is 1. The van der Waals surface area contributed by atoms with Gasteiger partial charge in [0.2, 0.25) is 0 Å². The summed E-state index contributed by atoms with van der Waals surface area (Å²) in [6.07, 6.45) is 1.42. The standard InChI is InChI=1S/C12H12N4O2S/c1-7-3-4-8(10(13)19)9(5-7)16-6-14-11(15-16)12(17)18-2/h3-6H,1-2H3,(H2,13,19). The molecule has 0 aliphatic heterocycles. The van der Waals surface area contributed by atoms with Gasteiger partial charge in [0.05, 0.1) is 12.8 Å². The number of aryl methyl sites for hydroxylation is 1. The van der Waals surface area contributed by atoms with Crippen molar-refractivity contribution in [2.24, 2.45) is 5.73 Å². The van der Waals surface area contributed by atoms with E-state index in [-0.39, 0.29) is 10.8 Å². The molecule has 0 bridgehead atoms. The van der Waals surface area contributed by atoms with Gasteiger partial charge < -0.3 is 10.5 Å². The van der Waals surface area contributed by atoms with Gasteiger partial charge in [-0.1, -0.05) is 18.3 Å². The van der Waals surface area contributed by atoms with Gasteiger partial charge in [-0.3, -0.25) is 0 Å². The topological polar surface area (TPSA) is 83.0 Å². The fourth-order valence-electron chi connectivity index (χ4n) is 1.60. The van der Waals surface area contributed by atoms with Crippen LogP contribution in [0.4, 0.5) is 0 Å². The third-order valence-electron chi connectivity index (χ3n) is 2.53. The second-order valence-electron chi connectivity index (χ2n) is 3.89. The number of carbonyl (C=O) groups is 1. The molecule has 0 amide bonds. The predicted molar refractivity (Wildman–Crippen MR) is 73.3 cm³/mol. The quantitative estimate of drug-likeness (QED) is 0.665. The van der Waals surface area contributed by atoms with Crippen LogP contribution in [0.1, 0.15) is 21.7 Å². The van der Waals surface area contributed by atoms with E-state index >= 15 is 0 Å². The Morgan fingerprint density at radius 1 is 1.47 bits per heavy atom. The third-order valence-corrected chi connectivity index (χ3v) is 2.75. The van der Waals surface area contributed by atoms with Crippen molar-refractivity contribution in [1.82, 2.24) is 14.8 Å². The van der Waals surface area contributed by atoms with Crippen LogP contribution in [-0.2, 0) is 4.74 Å². The fourth-order valence-corrected chi connectivity index (χ4v) is 1.78. The summed E-state index contributed by atoms with van der Waals surface area (Å²) < 4.78 is 6.01. The largest absolute Gasteiger partial charge is 0.463 e. The molecule has 0 saturated carbocycles. The monoisotopic (exact) mass is 276 g/mol. The number of thiocarbonyl (C=S) groups is 1. The van der Waals surface area contributed by atoms with Crippen molar-refractivity contribution in [1.29, 1.82) is 0 Å². The zero-order valence-electron chi connectivity index (χ0n) is 10.5. The highest BCUT2D eigenvalue weighted by Gasteiger charge is 2.14. The number of hydrogen-bond donors (Lipinski definition) is 1. The Kier molecular flexibility index (Phi) is 3.57. The third kappa shape index (κ3) is 2.60. The summed E-state index contributed by atoms with van der Waals surface area (Å²) in [6, 6.07) is 5.58. The van der Waals surface area contributed by atoms with E-state index in [0.29, 0.717) is 11.3 Å². The maximum Gasteiger partial charge on any atom is 0.377 e. The van der Waals surface area contributed by atoms with Crippen LogP contribution < -0.4 is 5.73 Å². The lowest BCUT2D eigenvalue weighted by Gasteiger charge is -2.08. The minimum absolute atomic E-state index is 0.0158. The number of aromatic nitrogens is 3. The normalized spacial score (nSPS) is 10.2. The second kappa shape index (κ2) is 5.15. The van der Waals surface area contributed by atoms with Crippen molar-refractivity contribution in [3.05, 3.63) is 41.5 Å². The molecule has 1 aromatic carbocycles. The zero-order chi connectivity index (χ0) is 14.0. The summed E-state index contributed by atoms with van der Waals surface area (Å²) in [4.78, 5) is 15.5. The van der Waals surface area contributed by atoms with Crippen molar-refractivity contribution in [2.45, 2.75) is 6.92 Å². The molecule has 0 atom stereocenters. The molecule has 0 aliphatic rings. The molecule has 6 nitrogen and oxygen atoms in total. The number of ether oxygens (including phenoxy) is 1. The Balaban J connectivity index is 2.52. The van der Waals surface area contributed by atoms with Crippen LogP contribution >= 0.6 is 12.2 Å². The molecule has 0 saturated heterocycles. The first kappa shape index (κ1) is 13.2. The highest BCUT2D eigenvalue weighted by atomic mass is 32.1. The molecule has 0 radical (unpaired) electrons. The Labute approximate surface area is 115 Å². The Morgan fingerprint density at radius 2 is 2.21 bits per heavy atom. The molecule has 7 heteroatoms. The van der Waals surface area contributed by atoms with Crippen molar-refractivity contribution >= 4 is 23.2 Å². The molecule has 0 aliphatic carbocycles. The van der Waals surface area contributed by atoms with E-state index in [4.69, 9.17) is 18.0 Å². The zero-order valence-corrected chi connectivity index (χ0v) is 11.3. The van der Waals surface area contributed by atoms with Crippen LogP contribution in [0.25, 0.3) is 5.69 Å². The van der Waals surface area contributed by atoms with Gasteiger partial charge in [0.15, 0.2) is 0 Å². The smallest absolute Gasteiger partial charge is 0.377 e. The van der Waals surface area contributed by atoms with Gasteiger partial charge in [0, 0.05) is 5.56 Å². The van der Waals surface area contributed by atoms with Crippen LogP contribution in [0.2, 0.25) is 0 Å². The Bertz CT molecular complexity index is 651. The number of esters is 1. The summed E-state index contributed by atoms with van der Waals surface area (Å²) in [5, 5.41) is 4.05. The average Bonchev–Trinajstić information content (AvgIpc) is 2.86. The minimum atomic E-state index is -0.594. The number of nitrogens with two attached hydrogens (primary N) is 1. The minimum Gasteiger partial charge on any atom is -0.463 e. The van der Waals surface area contributed by atoms with Crippen LogP contribution in [-0.4, -0.2) is 32.8 Å². The predicted octanol–water partition coefficient (Wildman–Crippen LogP) is 0.997. The molecule has 2 rings (SSSR count). The van der Waals surface area contributed by atoms with Gasteiger partial charge >= 0.3 is 5.97 Å². The van der Waals surface area contributed by atoms with Gasteiger partial charge in [-0.2, -0.15) is 0 Å². The molecule has 1 heterocycles. The SMILES string of the molecule is COC(=O)c1ncn(-c2cc(C)ccc2C(N)=S)n1. The fraction of sp³-hybridized carbons (Fsp3) is 0.167. The number of carbonyl (C=O) groups excluding carboxylic acids is 1. The molecule has 2 N–H and O–H groups in total. The van der Waals surface area contributed by atoms with Gasteiger partial charge in [-0.25, -0.2) is 14.5 Å². The van der Waals surface area contributed by atoms with Crippen LogP contribution in [0.15, 0.2) is 24.5 Å². The first-order valence-corrected chi connectivity index (χ1v) is 5.84. The number of nitrogens with zero attached hydrogens (tertiary/aromatic N) is 3. The summed E-state index contributed by atoms with van der Waals surface area (Å²) in [5.74, 6) is -0.610. The maximum atomic E-state index is 11.3. The first-order chi connectivity index (χ1) is 9.02. The van der Waals surface area contributed by atoms with Crippen molar-refractivity contribution in [2.75, 3.05) is 7.11 Å². The van der Waals surface area contributed by atoms with Crippen LogP contribution in [0.3, 0.4) is 0 Å². The highest BCUT2D eigenvalue weighted by molar-refractivity contribution is 7.80. The van der Waals surface area contributed by atoms with Crippen molar-refractivity contribution in [3.8, 4) is 5.69 Å². The summed E-state index contributed by atoms with van der Waals surface area (Å²) >= 11 is 5.00. The highest BCUT2D eigenvalue weighted by Crippen LogP contribution is 2.16. The molecular formula is C12H12N4O2S. The van der Waals surface area contributed by atoms with Crippen molar-refractivity contribution < 1.29 is 9.53 Å². The lowest BCUT2D eigenvalue weighted by molar-refractivity contribution is 0.0587. The second-order valence-corrected chi connectivity index (χ2v) is 4.33. The van der Waals surface area contributed by atoms with Gasteiger partial charge in [-0.15, -0.1) is 5.10 Å². The summed E-state index contributed by atoms with van der Waals surface area (Å²) in [7, 11) is 1.27. The number of rotatable bonds is 3. The molecular weight excluding hydrogens is 264 g/mol. The molecule has 2 aromatic rings. The number of hydrogen-bond acceptors (Lipinski definition) is 5. The van der Waals surface area contributed by atoms with Crippen LogP contribution in [0, 0.1) is 6.92 Å². The molecule has 19 heavy (non-hydrogen) atoms.